The van der Waals surface area contributed by atoms with Gasteiger partial charge in [-0.1, -0.05) is 13.3 Å². The molecule has 3 nitrogen and oxygen atoms in total. The van der Waals surface area contributed by atoms with Gasteiger partial charge in [-0.05, 0) is 18.6 Å². The first-order valence-corrected chi connectivity index (χ1v) is 4.50. The van der Waals surface area contributed by atoms with Gasteiger partial charge >= 0.3 is 5.97 Å². The van der Waals surface area contributed by atoms with Gasteiger partial charge in [0.05, 0.1) is 7.11 Å². The van der Waals surface area contributed by atoms with Crippen LogP contribution in [0.5, 0.6) is 0 Å². The Hall–Kier alpha value is -1.25. The van der Waals surface area contributed by atoms with E-state index in [2.05, 4.69) is 6.92 Å². The Morgan fingerprint density at radius 2 is 2.08 bits per heavy atom. The first-order chi connectivity index (χ1) is 6.29. The Morgan fingerprint density at radius 3 is 2.54 bits per heavy atom. The minimum atomic E-state index is -0.168. The van der Waals surface area contributed by atoms with Crippen LogP contribution in [0.3, 0.4) is 0 Å². The lowest BCUT2D eigenvalue weighted by Crippen LogP contribution is -2.19. The van der Waals surface area contributed by atoms with Crippen LogP contribution in [0.2, 0.25) is 0 Å². The summed E-state index contributed by atoms with van der Waals surface area (Å²) in [4.78, 5) is 11.4. The predicted octanol–water partition coefficient (Wildman–Crippen LogP) is 2.00. The highest BCUT2D eigenvalue weighted by molar-refractivity contribution is 5.74. The Balaban J connectivity index is 2.74. The van der Waals surface area contributed by atoms with E-state index >= 15 is 0 Å². The smallest absolute Gasteiger partial charge is 0.328 e. The van der Waals surface area contributed by atoms with Crippen molar-refractivity contribution < 1.29 is 9.53 Å². The van der Waals surface area contributed by atoms with Crippen molar-refractivity contribution in [2.45, 2.75) is 25.8 Å². The molecule has 1 heterocycles. The highest BCUT2D eigenvalue weighted by atomic mass is 16.5. The Labute approximate surface area is 78.3 Å². The van der Waals surface area contributed by atoms with Crippen LogP contribution in [0.15, 0.2) is 24.5 Å². The van der Waals surface area contributed by atoms with Crippen molar-refractivity contribution >= 4 is 5.97 Å². The molecule has 72 valence electrons. The van der Waals surface area contributed by atoms with Crippen molar-refractivity contribution in [3.05, 3.63) is 24.5 Å². The zero-order chi connectivity index (χ0) is 9.68. The van der Waals surface area contributed by atoms with E-state index in [1.807, 2.05) is 29.1 Å². The van der Waals surface area contributed by atoms with Gasteiger partial charge in [0, 0.05) is 12.4 Å². The Bertz CT molecular complexity index is 254. The number of esters is 1. The molecule has 0 aliphatic rings. The van der Waals surface area contributed by atoms with Crippen molar-refractivity contribution in [2.24, 2.45) is 0 Å². The lowest BCUT2D eigenvalue weighted by atomic mass is 10.1. The normalized spacial score (nSPS) is 12.5. The van der Waals surface area contributed by atoms with Crippen molar-refractivity contribution in [3.63, 3.8) is 0 Å². The zero-order valence-corrected chi connectivity index (χ0v) is 8.06. The van der Waals surface area contributed by atoms with Crippen molar-refractivity contribution in [1.29, 1.82) is 0 Å². The molecule has 1 rings (SSSR count). The predicted molar refractivity (Wildman–Crippen MR) is 50.4 cm³/mol. The SMILES string of the molecule is CCC[C@H](C(=O)OC)n1cccc1. The molecule has 0 N–H and O–H groups in total. The number of nitrogens with zero attached hydrogens (tertiary/aromatic N) is 1. The third-order valence-electron chi connectivity index (χ3n) is 2.02. The molecule has 1 aromatic rings. The van der Waals surface area contributed by atoms with Gasteiger partial charge < -0.3 is 9.30 Å². The monoisotopic (exact) mass is 181 g/mol. The molecule has 0 spiro atoms. The fourth-order valence-corrected chi connectivity index (χ4v) is 1.35. The molecule has 0 radical (unpaired) electrons. The number of carbonyl (C=O) groups excluding carboxylic acids is 1. The molecule has 13 heavy (non-hydrogen) atoms. The van der Waals surface area contributed by atoms with Gasteiger partial charge in [0.2, 0.25) is 0 Å². The second-order valence-corrected chi connectivity index (χ2v) is 2.96. The number of rotatable bonds is 4. The largest absolute Gasteiger partial charge is 0.467 e. The Kier molecular flexibility index (Phi) is 3.55. The average Bonchev–Trinajstić information content (AvgIpc) is 2.65. The fourth-order valence-electron chi connectivity index (χ4n) is 1.35. The maximum Gasteiger partial charge on any atom is 0.328 e. The third-order valence-corrected chi connectivity index (χ3v) is 2.02. The molecule has 0 amide bonds. The summed E-state index contributed by atoms with van der Waals surface area (Å²) in [5.74, 6) is -0.168. The number of ether oxygens (including phenoxy) is 1. The van der Waals surface area contributed by atoms with E-state index in [1.54, 1.807) is 0 Å². The Morgan fingerprint density at radius 1 is 1.46 bits per heavy atom. The summed E-state index contributed by atoms with van der Waals surface area (Å²) in [6.07, 6.45) is 5.56. The molecule has 0 aliphatic heterocycles. The molecule has 0 bridgehead atoms. The zero-order valence-electron chi connectivity index (χ0n) is 8.06. The molecule has 1 aromatic heterocycles. The van der Waals surface area contributed by atoms with Crippen LogP contribution < -0.4 is 0 Å². The molecule has 1 atom stereocenters. The lowest BCUT2D eigenvalue weighted by molar-refractivity contribution is -0.144. The topological polar surface area (TPSA) is 31.2 Å². The first kappa shape index (κ1) is 9.84. The highest BCUT2D eigenvalue weighted by Crippen LogP contribution is 2.15. The summed E-state index contributed by atoms with van der Waals surface area (Å²) in [6, 6.07) is 3.65. The van der Waals surface area contributed by atoms with E-state index < -0.39 is 0 Å². The molecular formula is C10H15NO2. The van der Waals surface area contributed by atoms with Gasteiger partial charge in [-0.2, -0.15) is 0 Å². The van der Waals surface area contributed by atoms with Gasteiger partial charge in [-0.15, -0.1) is 0 Å². The van der Waals surface area contributed by atoms with E-state index in [0.717, 1.165) is 12.8 Å². The average molecular weight is 181 g/mol. The number of carbonyl (C=O) groups is 1. The maximum atomic E-state index is 11.4. The van der Waals surface area contributed by atoms with E-state index in [0.29, 0.717) is 0 Å². The molecule has 3 heteroatoms. The van der Waals surface area contributed by atoms with Crippen LogP contribution in [-0.2, 0) is 9.53 Å². The molecular weight excluding hydrogens is 166 g/mol. The number of hydrogen-bond donors (Lipinski definition) is 0. The number of hydrogen-bond acceptors (Lipinski definition) is 2. The maximum absolute atomic E-state index is 11.4. The van der Waals surface area contributed by atoms with Crippen LogP contribution in [0.4, 0.5) is 0 Å². The van der Waals surface area contributed by atoms with Gasteiger partial charge in [-0.3, -0.25) is 0 Å². The lowest BCUT2D eigenvalue weighted by Gasteiger charge is -2.15. The summed E-state index contributed by atoms with van der Waals surface area (Å²) < 4.78 is 6.61. The van der Waals surface area contributed by atoms with Crippen molar-refractivity contribution in [1.82, 2.24) is 4.57 Å². The van der Waals surface area contributed by atoms with Crippen LogP contribution in [0, 0.1) is 0 Å². The minimum Gasteiger partial charge on any atom is -0.467 e. The molecule has 0 fully saturated rings. The van der Waals surface area contributed by atoms with E-state index in [9.17, 15) is 4.79 Å². The van der Waals surface area contributed by atoms with Gasteiger partial charge in [0.25, 0.3) is 0 Å². The first-order valence-electron chi connectivity index (χ1n) is 4.50. The fraction of sp³-hybridized carbons (Fsp3) is 0.500. The second kappa shape index (κ2) is 4.70. The minimum absolute atomic E-state index is 0.162. The number of methoxy groups -OCH3 is 1. The van der Waals surface area contributed by atoms with Crippen LogP contribution in [0.25, 0.3) is 0 Å². The quantitative estimate of drug-likeness (QED) is 0.665. The number of aromatic nitrogens is 1. The third kappa shape index (κ3) is 2.34. The van der Waals surface area contributed by atoms with E-state index in [1.165, 1.54) is 7.11 Å². The van der Waals surface area contributed by atoms with Gasteiger partial charge in [0.1, 0.15) is 6.04 Å². The van der Waals surface area contributed by atoms with E-state index in [-0.39, 0.29) is 12.0 Å². The van der Waals surface area contributed by atoms with Gasteiger partial charge in [-0.25, -0.2) is 4.79 Å². The standard InChI is InChI=1S/C10H15NO2/c1-3-6-9(10(12)13-2)11-7-4-5-8-11/h4-5,7-9H,3,6H2,1-2H3/t9-/m1/s1. The molecule has 0 aliphatic carbocycles. The summed E-state index contributed by atoms with van der Waals surface area (Å²) in [5, 5.41) is 0. The van der Waals surface area contributed by atoms with Crippen LogP contribution >= 0.6 is 0 Å². The summed E-state index contributed by atoms with van der Waals surface area (Å²) in [6.45, 7) is 2.06. The van der Waals surface area contributed by atoms with Crippen LogP contribution in [-0.4, -0.2) is 17.6 Å². The molecule has 0 aromatic carbocycles. The summed E-state index contributed by atoms with van der Waals surface area (Å²) in [7, 11) is 1.43. The summed E-state index contributed by atoms with van der Waals surface area (Å²) in [5.41, 5.74) is 0. The molecule has 0 unspecified atom stereocenters. The van der Waals surface area contributed by atoms with Gasteiger partial charge in [0.15, 0.2) is 0 Å². The van der Waals surface area contributed by atoms with Crippen LogP contribution in [0.1, 0.15) is 25.8 Å². The summed E-state index contributed by atoms with van der Waals surface area (Å²) >= 11 is 0. The highest BCUT2D eigenvalue weighted by Gasteiger charge is 2.18. The van der Waals surface area contributed by atoms with Crippen molar-refractivity contribution in [2.75, 3.05) is 7.11 Å². The molecule has 0 saturated carbocycles. The van der Waals surface area contributed by atoms with E-state index in [4.69, 9.17) is 4.74 Å². The second-order valence-electron chi connectivity index (χ2n) is 2.96. The van der Waals surface area contributed by atoms with Crippen molar-refractivity contribution in [3.8, 4) is 0 Å². The molecule has 0 saturated heterocycles.